The molecule has 1 N–H and O–H groups in total. The maximum absolute atomic E-state index is 4.24. The van der Waals surface area contributed by atoms with Gasteiger partial charge in [-0.2, -0.15) is 15.0 Å². The Hall–Kier alpha value is -0.900. The molecule has 1 heterocycles. The SMILES string of the molecule is CC1CCCC1NCc1cnn(C)n1. The zero-order chi connectivity index (χ0) is 9.97. The first-order valence-electron chi connectivity index (χ1n) is 5.34. The van der Waals surface area contributed by atoms with Crippen molar-refractivity contribution in [3.63, 3.8) is 0 Å². The molecule has 0 radical (unpaired) electrons. The van der Waals surface area contributed by atoms with Crippen molar-refractivity contribution in [3.8, 4) is 0 Å². The first-order chi connectivity index (χ1) is 6.75. The van der Waals surface area contributed by atoms with Gasteiger partial charge in [0.25, 0.3) is 0 Å². The fourth-order valence-electron chi connectivity index (χ4n) is 2.15. The van der Waals surface area contributed by atoms with Crippen LogP contribution in [0.4, 0.5) is 0 Å². The smallest absolute Gasteiger partial charge is 0.0964 e. The molecule has 1 aliphatic rings. The Morgan fingerprint density at radius 2 is 2.43 bits per heavy atom. The van der Waals surface area contributed by atoms with E-state index in [2.05, 4.69) is 22.4 Å². The topological polar surface area (TPSA) is 42.7 Å². The number of hydrogen-bond donors (Lipinski definition) is 1. The van der Waals surface area contributed by atoms with Crippen molar-refractivity contribution >= 4 is 0 Å². The Kier molecular flexibility index (Phi) is 2.82. The first-order valence-corrected chi connectivity index (χ1v) is 5.34. The summed E-state index contributed by atoms with van der Waals surface area (Å²) in [6.07, 6.45) is 5.85. The van der Waals surface area contributed by atoms with Crippen molar-refractivity contribution in [3.05, 3.63) is 11.9 Å². The van der Waals surface area contributed by atoms with Crippen molar-refractivity contribution < 1.29 is 0 Å². The van der Waals surface area contributed by atoms with Gasteiger partial charge >= 0.3 is 0 Å². The Bertz CT molecular complexity index is 294. The zero-order valence-corrected chi connectivity index (χ0v) is 8.90. The van der Waals surface area contributed by atoms with Gasteiger partial charge in [0.05, 0.1) is 11.9 Å². The maximum atomic E-state index is 4.24. The lowest BCUT2D eigenvalue weighted by Crippen LogP contribution is -2.30. The fraction of sp³-hybridized carbons (Fsp3) is 0.800. The van der Waals surface area contributed by atoms with Gasteiger partial charge in [0, 0.05) is 19.6 Å². The molecule has 2 unspecified atom stereocenters. The van der Waals surface area contributed by atoms with E-state index in [1.807, 2.05) is 13.2 Å². The van der Waals surface area contributed by atoms with Crippen molar-refractivity contribution in [1.29, 1.82) is 0 Å². The van der Waals surface area contributed by atoms with Gasteiger partial charge in [0.2, 0.25) is 0 Å². The van der Waals surface area contributed by atoms with E-state index in [1.165, 1.54) is 19.3 Å². The Balaban J connectivity index is 1.82. The standard InChI is InChI=1S/C10H18N4/c1-8-4-3-5-10(8)11-6-9-7-12-14(2)13-9/h7-8,10-11H,3-6H2,1-2H3. The van der Waals surface area contributed by atoms with Crippen LogP contribution >= 0.6 is 0 Å². The average molecular weight is 194 g/mol. The highest BCUT2D eigenvalue weighted by atomic mass is 15.4. The lowest BCUT2D eigenvalue weighted by molar-refractivity contribution is 0.422. The number of aromatic nitrogens is 3. The maximum Gasteiger partial charge on any atom is 0.0964 e. The van der Waals surface area contributed by atoms with Gasteiger partial charge in [-0.25, -0.2) is 0 Å². The molecule has 0 amide bonds. The van der Waals surface area contributed by atoms with Crippen LogP contribution in [0.25, 0.3) is 0 Å². The molecule has 4 heteroatoms. The van der Waals surface area contributed by atoms with Gasteiger partial charge in [-0.1, -0.05) is 13.3 Å². The molecule has 2 rings (SSSR count). The molecule has 0 spiro atoms. The molecule has 0 bridgehead atoms. The van der Waals surface area contributed by atoms with E-state index < -0.39 is 0 Å². The average Bonchev–Trinajstić information content (AvgIpc) is 2.72. The van der Waals surface area contributed by atoms with Crippen LogP contribution in [0, 0.1) is 5.92 Å². The molecule has 4 nitrogen and oxygen atoms in total. The second-order valence-corrected chi connectivity index (χ2v) is 4.22. The summed E-state index contributed by atoms with van der Waals surface area (Å²) in [5.41, 5.74) is 1.03. The van der Waals surface area contributed by atoms with Crippen LogP contribution in [0.2, 0.25) is 0 Å². The summed E-state index contributed by atoms with van der Waals surface area (Å²) in [6.45, 7) is 3.17. The summed E-state index contributed by atoms with van der Waals surface area (Å²) in [5.74, 6) is 0.812. The van der Waals surface area contributed by atoms with Gasteiger partial charge in [0.1, 0.15) is 0 Å². The Morgan fingerprint density at radius 3 is 3.00 bits per heavy atom. The minimum Gasteiger partial charge on any atom is -0.308 e. The lowest BCUT2D eigenvalue weighted by atomic mass is 10.1. The summed E-state index contributed by atoms with van der Waals surface area (Å²) in [6, 6.07) is 0.678. The number of nitrogens with zero attached hydrogens (tertiary/aromatic N) is 3. The van der Waals surface area contributed by atoms with Crippen LogP contribution < -0.4 is 5.32 Å². The van der Waals surface area contributed by atoms with E-state index in [1.54, 1.807) is 4.80 Å². The van der Waals surface area contributed by atoms with Crippen molar-refractivity contribution in [2.45, 2.75) is 38.8 Å². The molecule has 0 aromatic carbocycles. The minimum atomic E-state index is 0.678. The largest absolute Gasteiger partial charge is 0.308 e. The van der Waals surface area contributed by atoms with E-state index in [0.717, 1.165) is 18.2 Å². The number of aryl methyl sites for hydroxylation is 1. The Morgan fingerprint density at radius 1 is 1.57 bits per heavy atom. The summed E-state index contributed by atoms with van der Waals surface area (Å²) < 4.78 is 0. The molecular formula is C10H18N4. The molecule has 1 aromatic heterocycles. The quantitative estimate of drug-likeness (QED) is 0.783. The molecular weight excluding hydrogens is 176 g/mol. The number of nitrogens with one attached hydrogen (secondary N) is 1. The summed E-state index contributed by atoms with van der Waals surface area (Å²) in [7, 11) is 1.85. The summed E-state index contributed by atoms with van der Waals surface area (Å²) in [5, 5.41) is 11.8. The van der Waals surface area contributed by atoms with Gasteiger partial charge in [-0.15, -0.1) is 0 Å². The van der Waals surface area contributed by atoms with Crippen molar-refractivity contribution in [2.75, 3.05) is 0 Å². The lowest BCUT2D eigenvalue weighted by Gasteiger charge is -2.15. The Labute approximate surface area is 84.7 Å². The normalized spacial score (nSPS) is 27.0. The molecule has 2 atom stereocenters. The van der Waals surface area contributed by atoms with E-state index in [-0.39, 0.29) is 0 Å². The monoisotopic (exact) mass is 194 g/mol. The van der Waals surface area contributed by atoms with Crippen LogP contribution in [0.5, 0.6) is 0 Å². The van der Waals surface area contributed by atoms with Crippen molar-refractivity contribution in [2.24, 2.45) is 13.0 Å². The van der Waals surface area contributed by atoms with Gasteiger partial charge in [-0.05, 0) is 18.8 Å². The van der Waals surface area contributed by atoms with Crippen LogP contribution in [-0.4, -0.2) is 21.0 Å². The highest BCUT2D eigenvalue weighted by Gasteiger charge is 2.22. The molecule has 14 heavy (non-hydrogen) atoms. The van der Waals surface area contributed by atoms with E-state index in [9.17, 15) is 0 Å². The number of rotatable bonds is 3. The van der Waals surface area contributed by atoms with E-state index in [4.69, 9.17) is 0 Å². The summed E-state index contributed by atoms with van der Waals surface area (Å²) >= 11 is 0. The predicted octanol–water partition coefficient (Wildman–Crippen LogP) is 1.09. The minimum absolute atomic E-state index is 0.678. The molecule has 0 aliphatic heterocycles. The highest BCUT2D eigenvalue weighted by Crippen LogP contribution is 2.24. The molecule has 0 saturated heterocycles. The second kappa shape index (κ2) is 4.09. The van der Waals surface area contributed by atoms with E-state index >= 15 is 0 Å². The zero-order valence-electron chi connectivity index (χ0n) is 8.90. The molecule has 1 aliphatic carbocycles. The summed E-state index contributed by atoms with van der Waals surface area (Å²) in [4.78, 5) is 1.61. The van der Waals surface area contributed by atoms with Gasteiger partial charge < -0.3 is 5.32 Å². The van der Waals surface area contributed by atoms with Crippen LogP contribution in [-0.2, 0) is 13.6 Å². The fourth-order valence-corrected chi connectivity index (χ4v) is 2.15. The molecule has 1 saturated carbocycles. The highest BCUT2D eigenvalue weighted by molar-refractivity contribution is 4.92. The van der Waals surface area contributed by atoms with Crippen LogP contribution in [0.1, 0.15) is 31.9 Å². The first kappa shape index (κ1) is 9.65. The molecule has 1 fully saturated rings. The van der Waals surface area contributed by atoms with Crippen LogP contribution in [0.15, 0.2) is 6.20 Å². The third-order valence-corrected chi connectivity index (χ3v) is 3.05. The second-order valence-electron chi connectivity index (χ2n) is 4.22. The van der Waals surface area contributed by atoms with Crippen molar-refractivity contribution in [1.82, 2.24) is 20.3 Å². The molecule has 78 valence electrons. The number of hydrogen-bond acceptors (Lipinski definition) is 3. The molecule has 1 aromatic rings. The van der Waals surface area contributed by atoms with Crippen LogP contribution in [0.3, 0.4) is 0 Å². The third kappa shape index (κ3) is 2.12. The van der Waals surface area contributed by atoms with E-state index in [0.29, 0.717) is 6.04 Å². The van der Waals surface area contributed by atoms with Gasteiger partial charge in [-0.3, -0.25) is 0 Å². The third-order valence-electron chi connectivity index (χ3n) is 3.05. The van der Waals surface area contributed by atoms with Gasteiger partial charge in [0.15, 0.2) is 0 Å². The predicted molar refractivity (Wildman–Crippen MR) is 54.6 cm³/mol.